The number of aryl methyl sites for hydroxylation is 1. The first-order valence-corrected chi connectivity index (χ1v) is 12.6. The van der Waals surface area contributed by atoms with E-state index in [9.17, 15) is 14.4 Å². The first-order chi connectivity index (χ1) is 17.0. The number of amides is 3. The van der Waals surface area contributed by atoms with Gasteiger partial charge in [-0.25, -0.2) is 9.78 Å². The number of fused-ring (bicyclic) bond motifs is 1. The Morgan fingerprint density at radius 1 is 1.08 bits per heavy atom. The molecule has 192 valence electrons. The van der Waals surface area contributed by atoms with Crippen molar-refractivity contribution in [1.29, 1.82) is 0 Å². The van der Waals surface area contributed by atoms with Crippen LogP contribution in [0.5, 0.6) is 0 Å². The monoisotopic (exact) mass is 511 g/mol. The maximum atomic E-state index is 13.0. The Bertz CT molecular complexity index is 1210. The van der Waals surface area contributed by atoms with Crippen LogP contribution in [0, 0.1) is 0 Å². The number of hydrogen-bond acceptors (Lipinski definition) is 7. The molecule has 0 fully saturated rings. The second-order valence-corrected chi connectivity index (χ2v) is 10.7. The Morgan fingerprint density at radius 3 is 2.47 bits per heavy atom. The molecule has 3 rings (SSSR count). The van der Waals surface area contributed by atoms with Gasteiger partial charge in [0.25, 0.3) is 0 Å². The van der Waals surface area contributed by atoms with E-state index >= 15 is 0 Å². The van der Waals surface area contributed by atoms with Crippen molar-refractivity contribution in [2.24, 2.45) is 0 Å². The van der Waals surface area contributed by atoms with Gasteiger partial charge in [0, 0.05) is 21.2 Å². The van der Waals surface area contributed by atoms with Crippen molar-refractivity contribution in [3.63, 3.8) is 0 Å². The summed E-state index contributed by atoms with van der Waals surface area (Å²) in [6.45, 7) is 7.14. The van der Waals surface area contributed by atoms with Gasteiger partial charge < -0.3 is 26.4 Å². The fourth-order valence-electron chi connectivity index (χ4n) is 3.50. The Hall–Kier alpha value is -3.66. The second-order valence-electron chi connectivity index (χ2n) is 9.49. The normalized spacial score (nSPS) is 13.0. The van der Waals surface area contributed by atoms with Crippen molar-refractivity contribution >= 4 is 45.1 Å². The number of rotatable bonds is 9. The molecule has 0 aliphatic carbocycles. The third kappa shape index (κ3) is 7.94. The van der Waals surface area contributed by atoms with Crippen molar-refractivity contribution in [1.82, 2.24) is 20.9 Å². The molecule has 0 bridgehead atoms. The van der Waals surface area contributed by atoms with Crippen LogP contribution >= 0.6 is 11.3 Å². The van der Waals surface area contributed by atoms with Crippen LogP contribution < -0.4 is 21.7 Å². The van der Waals surface area contributed by atoms with E-state index in [2.05, 4.69) is 20.9 Å². The highest BCUT2D eigenvalue weighted by Gasteiger charge is 2.26. The number of pyridine rings is 1. The van der Waals surface area contributed by atoms with E-state index in [1.165, 1.54) is 11.3 Å². The molecule has 3 amide bonds. The van der Waals surface area contributed by atoms with Gasteiger partial charge in [-0.3, -0.25) is 9.59 Å². The van der Waals surface area contributed by atoms with Gasteiger partial charge in [0.2, 0.25) is 11.8 Å². The summed E-state index contributed by atoms with van der Waals surface area (Å²) < 4.78 is 6.31. The Labute approximate surface area is 214 Å². The lowest BCUT2D eigenvalue weighted by Gasteiger charge is -2.24. The number of nitrogen functional groups attached to an aromatic ring is 1. The average Bonchev–Trinajstić information content (AvgIpc) is 3.24. The fraction of sp³-hybridized carbons (Fsp3) is 0.385. The largest absolute Gasteiger partial charge is 0.444 e. The predicted molar refractivity (Wildman–Crippen MR) is 141 cm³/mol. The highest BCUT2D eigenvalue weighted by atomic mass is 32.1. The van der Waals surface area contributed by atoms with E-state index in [1.807, 2.05) is 42.5 Å². The van der Waals surface area contributed by atoms with Gasteiger partial charge in [-0.15, -0.1) is 11.3 Å². The summed E-state index contributed by atoms with van der Waals surface area (Å²) in [4.78, 5) is 43.1. The first kappa shape index (κ1) is 26.9. The van der Waals surface area contributed by atoms with Gasteiger partial charge in [-0.05, 0) is 58.2 Å². The minimum atomic E-state index is -0.867. The maximum absolute atomic E-state index is 13.0. The Balaban J connectivity index is 1.59. The molecule has 0 spiro atoms. The van der Waals surface area contributed by atoms with Crippen LogP contribution in [0.25, 0.3) is 10.1 Å². The summed E-state index contributed by atoms with van der Waals surface area (Å²) in [7, 11) is 0. The zero-order valence-corrected chi connectivity index (χ0v) is 21.8. The van der Waals surface area contributed by atoms with E-state index in [-0.39, 0.29) is 5.91 Å². The highest BCUT2D eigenvalue weighted by Crippen LogP contribution is 2.28. The summed E-state index contributed by atoms with van der Waals surface area (Å²) in [5.41, 5.74) is 6.24. The molecule has 3 aromatic rings. The molecular formula is C26H33N5O4S. The van der Waals surface area contributed by atoms with Gasteiger partial charge in [0.1, 0.15) is 23.5 Å². The van der Waals surface area contributed by atoms with E-state index < -0.39 is 29.7 Å². The quantitative estimate of drug-likeness (QED) is 0.347. The van der Waals surface area contributed by atoms with Gasteiger partial charge in [0.15, 0.2) is 0 Å². The molecule has 0 aliphatic heterocycles. The lowest BCUT2D eigenvalue weighted by atomic mass is 10.0. The number of hydrogen-bond donors (Lipinski definition) is 4. The smallest absolute Gasteiger partial charge is 0.408 e. The zero-order chi connectivity index (χ0) is 26.3. The van der Waals surface area contributed by atoms with Crippen LogP contribution in [0.15, 0.2) is 48.7 Å². The van der Waals surface area contributed by atoms with Crippen molar-refractivity contribution < 1.29 is 19.1 Å². The number of carbonyl (C=O) groups excluding carboxylic acids is 3. The summed E-state index contributed by atoms with van der Waals surface area (Å²) in [6, 6.07) is 11.8. The van der Waals surface area contributed by atoms with Crippen molar-refractivity contribution in [3.05, 3.63) is 59.1 Å². The summed E-state index contributed by atoms with van der Waals surface area (Å²) in [6.07, 6.45) is 1.87. The van der Waals surface area contributed by atoms with Crippen LogP contribution in [0.4, 0.5) is 10.6 Å². The van der Waals surface area contributed by atoms with Crippen molar-refractivity contribution in [3.8, 4) is 0 Å². The first-order valence-electron chi connectivity index (χ1n) is 11.8. The maximum Gasteiger partial charge on any atom is 0.408 e. The third-order valence-electron chi connectivity index (χ3n) is 5.29. The summed E-state index contributed by atoms with van der Waals surface area (Å²) in [5, 5.41) is 9.04. The molecule has 10 heteroatoms. The average molecular weight is 512 g/mol. The predicted octanol–water partition coefficient (Wildman–Crippen LogP) is 3.53. The number of nitrogens with one attached hydrogen (secondary N) is 3. The molecule has 2 heterocycles. The molecule has 2 aromatic heterocycles. The van der Waals surface area contributed by atoms with Crippen LogP contribution in [-0.4, -0.2) is 40.6 Å². The lowest BCUT2D eigenvalue weighted by Crippen LogP contribution is -2.53. The summed E-state index contributed by atoms with van der Waals surface area (Å²) in [5.74, 6) is -0.355. The van der Waals surface area contributed by atoms with Gasteiger partial charge in [-0.2, -0.15) is 0 Å². The van der Waals surface area contributed by atoms with E-state index in [0.717, 1.165) is 20.5 Å². The molecule has 0 aliphatic rings. The van der Waals surface area contributed by atoms with Crippen LogP contribution in [-0.2, 0) is 27.3 Å². The minimum absolute atomic E-state index is 0.297. The fourth-order valence-corrected chi connectivity index (χ4v) is 4.51. The number of anilines is 1. The zero-order valence-electron chi connectivity index (χ0n) is 21.0. The van der Waals surface area contributed by atoms with E-state index in [1.54, 1.807) is 33.9 Å². The second kappa shape index (κ2) is 11.9. The molecule has 0 saturated carbocycles. The molecular weight excluding hydrogens is 478 g/mol. The van der Waals surface area contributed by atoms with Crippen LogP contribution in [0.1, 0.15) is 44.6 Å². The molecule has 0 radical (unpaired) electrons. The number of aromatic nitrogens is 1. The minimum Gasteiger partial charge on any atom is -0.444 e. The van der Waals surface area contributed by atoms with Gasteiger partial charge >= 0.3 is 6.09 Å². The summed E-state index contributed by atoms with van der Waals surface area (Å²) >= 11 is 1.52. The number of alkyl carbamates (subject to hydrolysis) is 1. The van der Waals surface area contributed by atoms with Crippen LogP contribution in [0.3, 0.4) is 0 Å². The third-order valence-corrected chi connectivity index (χ3v) is 6.39. The molecule has 0 saturated heterocycles. The van der Waals surface area contributed by atoms with E-state index in [4.69, 9.17) is 10.5 Å². The molecule has 9 nitrogen and oxygen atoms in total. The number of benzene rings is 1. The highest BCUT2D eigenvalue weighted by molar-refractivity contribution is 7.19. The molecule has 2 unspecified atom stereocenters. The lowest BCUT2D eigenvalue weighted by molar-refractivity contribution is -0.129. The molecule has 5 N–H and O–H groups in total. The Morgan fingerprint density at radius 2 is 1.81 bits per heavy atom. The molecule has 1 aromatic carbocycles. The molecule has 36 heavy (non-hydrogen) atoms. The number of nitrogens with two attached hydrogens (primary N) is 1. The number of thiophene rings is 1. The van der Waals surface area contributed by atoms with Crippen molar-refractivity contribution in [2.45, 2.75) is 64.8 Å². The topological polar surface area (TPSA) is 135 Å². The standard InChI is InChI=1S/C26H33N5O4S/c1-16(23(32)29-15-18-14-19-21(36-18)12-13-28-22(19)27)30-24(33)20(31-25(34)35-26(2,3)4)11-10-17-8-6-5-7-9-17/h5-9,12-14,16,20H,10-11,15H2,1-4H3,(H2,27,28)(H,29,32)(H,30,33)(H,31,34). The number of nitrogens with zero attached hydrogens (tertiary/aromatic N) is 1. The van der Waals surface area contributed by atoms with Crippen molar-refractivity contribution in [2.75, 3.05) is 5.73 Å². The number of carbonyl (C=O) groups is 3. The van der Waals surface area contributed by atoms with Gasteiger partial charge in [0.05, 0.1) is 6.54 Å². The Kier molecular flexibility index (Phi) is 8.87. The molecule has 2 atom stereocenters. The van der Waals surface area contributed by atoms with E-state index in [0.29, 0.717) is 25.2 Å². The van der Waals surface area contributed by atoms with Crippen LogP contribution in [0.2, 0.25) is 0 Å². The van der Waals surface area contributed by atoms with Gasteiger partial charge in [-0.1, -0.05) is 30.3 Å². The number of ether oxygens (including phenoxy) is 1. The SMILES string of the molecule is CC(NC(=O)C(CCc1ccccc1)NC(=O)OC(C)(C)C)C(=O)NCc1cc2c(N)nccc2s1.